The second kappa shape index (κ2) is 6.19. The van der Waals surface area contributed by atoms with Gasteiger partial charge in [0.15, 0.2) is 5.69 Å². The molecule has 0 aliphatic carbocycles. The van der Waals surface area contributed by atoms with Crippen molar-refractivity contribution in [3.05, 3.63) is 16.3 Å². The minimum Gasteiger partial charge on any atom is -0.395 e. The predicted molar refractivity (Wildman–Crippen MR) is 64.0 cm³/mol. The molecule has 0 fully saturated rings. The van der Waals surface area contributed by atoms with Gasteiger partial charge in [-0.15, -0.1) is 5.10 Å². The Balaban J connectivity index is 3.04. The summed E-state index contributed by atoms with van der Waals surface area (Å²) in [6.07, 6.45) is 3.16. The van der Waals surface area contributed by atoms with Gasteiger partial charge in [-0.3, -0.25) is 0 Å². The van der Waals surface area contributed by atoms with E-state index in [-0.39, 0.29) is 18.5 Å². The molecule has 1 heterocycles. The number of nitro groups is 1. The van der Waals surface area contributed by atoms with Crippen molar-refractivity contribution in [1.82, 2.24) is 10.2 Å². The van der Waals surface area contributed by atoms with Gasteiger partial charge >= 0.3 is 5.82 Å². The lowest BCUT2D eigenvalue weighted by Crippen LogP contribution is -2.36. The fourth-order valence-corrected chi connectivity index (χ4v) is 1.95. The van der Waals surface area contributed by atoms with Gasteiger partial charge in [-0.05, 0) is 17.8 Å². The summed E-state index contributed by atoms with van der Waals surface area (Å²) in [4.78, 5) is 12.2. The molecule has 0 atom stereocenters. The molecule has 0 saturated carbocycles. The largest absolute Gasteiger partial charge is 0.395 e. The molecule has 0 saturated heterocycles. The van der Waals surface area contributed by atoms with Crippen LogP contribution in [0.15, 0.2) is 6.20 Å². The number of H-pyrrole nitrogens is 1. The van der Waals surface area contributed by atoms with Crippen LogP contribution >= 0.6 is 0 Å². The van der Waals surface area contributed by atoms with E-state index in [1.165, 1.54) is 6.20 Å². The Labute approximate surface area is 99.6 Å². The molecule has 96 valence electrons. The molecule has 1 rings (SSSR count). The van der Waals surface area contributed by atoms with E-state index in [9.17, 15) is 10.1 Å². The molecule has 0 unspecified atom stereocenters. The Morgan fingerprint density at radius 2 is 2.24 bits per heavy atom. The van der Waals surface area contributed by atoms with Crippen LogP contribution in [-0.4, -0.2) is 39.4 Å². The number of anilines is 1. The van der Waals surface area contributed by atoms with Crippen LogP contribution in [0, 0.1) is 10.1 Å². The second-order valence-electron chi connectivity index (χ2n) is 3.75. The van der Waals surface area contributed by atoms with Crippen LogP contribution in [0.2, 0.25) is 0 Å². The number of rotatable bonds is 7. The average Bonchev–Trinajstić information content (AvgIpc) is 2.78. The minimum atomic E-state index is -0.491. The third-order valence-electron chi connectivity index (χ3n) is 2.82. The van der Waals surface area contributed by atoms with Crippen LogP contribution in [0.5, 0.6) is 0 Å². The molecule has 1 aromatic heterocycles. The summed E-state index contributed by atoms with van der Waals surface area (Å²) < 4.78 is 0. The minimum absolute atomic E-state index is 0.0428. The average molecular weight is 242 g/mol. The van der Waals surface area contributed by atoms with Crippen molar-refractivity contribution in [3.8, 4) is 0 Å². The third-order valence-corrected chi connectivity index (χ3v) is 2.82. The topological polar surface area (TPSA) is 95.3 Å². The van der Waals surface area contributed by atoms with Crippen molar-refractivity contribution >= 4 is 11.5 Å². The van der Waals surface area contributed by atoms with E-state index in [1.807, 2.05) is 18.7 Å². The van der Waals surface area contributed by atoms with E-state index < -0.39 is 4.92 Å². The first-order valence-electron chi connectivity index (χ1n) is 5.70. The van der Waals surface area contributed by atoms with Crippen molar-refractivity contribution in [2.75, 3.05) is 18.1 Å². The molecule has 0 aliphatic heterocycles. The Bertz CT molecular complexity index is 362. The van der Waals surface area contributed by atoms with Gasteiger partial charge in [0.05, 0.1) is 6.61 Å². The zero-order valence-corrected chi connectivity index (χ0v) is 10.1. The summed E-state index contributed by atoms with van der Waals surface area (Å²) in [5.74, 6) is -0.120. The van der Waals surface area contributed by atoms with Crippen LogP contribution in [-0.2, 0) is 0 Å². The lowest BCUT2D eigenvalue weighted by Gasteiger charge is -2.30. The van der Waals surface area contributed by atoms with E-state index in [0.29, 0.717) is 12.2 Å². The van der Waals surface area contributed by atoms with E-state index in [0.717, 1.165) is 12.8 Å². The Morgan fingerprint density at radius 1 is 1.59 bits per heavy atom. The summed E-state index contributed by atoms with van der Waals surface area (Å²) in [5, 5.41) is 26.0. The molecule has 0 spiro atoms. The van der Waals surface area contributed by atoms with Crippen molar-refractivity contribution in [1.29, 1.82) is 0 Å². The first-order valence-corrected chi connectivity index (χ1v) is 5.70. The Morgan fingerprint density at radius 3 is 2.71 bits per heavy atom. The Hall–Kier alpha value is -1.63. The Kier molecular flexibility index (Phi) is 4.89. The zero-order chi connectivity index (χ0) is 12.8. The first kappa shape index (κ1) is 13.4. The highest BCUT2D eigenvalue weighted by atomic mass is 16.6. The number of hydrogen-bond acceptors (Lipinski definition) is 5. The molecule has 0 aliphatic rings. The number of aromatic nitrogens is 2. The van der Waals surface area contributed by atoms with Gasteiger partial charge < -0.3 is 20.1 Å². The van der Waals surface area contributed by atoms with Crippen molar-refractivity contribution in [2.45, 2.75) is 32.7 Å². The highest BCUT2D eigenvalue weighted by molar-refractivity contribution is 5.58. The lowest BCUT2D eigenvalue weighted by atomic mass is 10.1. The highest BCUT2D eigenvalue weighted by Crippen LogP contribution is 2.28. The standard InChI is InChI=1S/C10H18N4O3/c1-3-8(4-2)13(5-6-15)9-7-11-12-10(9)14(16)17/h7-8,15H,3-6H2,1-2H3,(H,11,12). The van der Waals surface area contributed by atoms with Gasteiger partial charge in [-0.25, -0.2) is 0 Å². The molecule has 0 amide bonds. The fourth-order valence-electron chi connectivity index (χ4n) is 1.95. The maximum Gasteiger partial charge on any atom is 0.366 e. The van der Waals surface area contributed by atoms with Crippen LogP contribution in [0.4, 0.5) is 11.5 Å². The number of aromatic amines is 1. The van der Waals surface area contributed by atoms with Crippen LogP contribution < -0.4 is 4.90 Å². The number of aliphatic hydroxyl groups excluding tert-OH is 1. The van der Waals surface area contributed by atoms with Crippen LogP contribution in [0.25, 0.3) is 0 Å². The smallest absolute Gasteiger partial charge is 0.366 e. The van der Waals surface area contributed by atoms with Gasteiger partial charge in [0.25, 0.3) is 0 Å². The van der Waals surface area contributed by atoms with Crippen LogP contribution in [0.1, 0.15) is 26.7 Å². The SMILES string of the molecule is CCC(CC)N(CCO)c1cn[nH]c1[N+](=O)[O-]. The molecule has 0 radical (unpaired) electrons. The van der Waals surface area contributed by atoms with Crippen molar-refractivity contribution in [2.24, 2.45) is 0 Å². The molecular formula is C10H18N4O3. The normalized spacial score (nSPS) is 10.8. The van der Waals surface area contributed by atoms with E-state index in [2.05, 4.69) is 10.2 Å². The summed E-state index contributed by atoms with van der Waals surface area (Å²) in [6.45, 7) is 4.36. The molecule has 0 bridgehead atoms. The number of hydrogen-bond donors (Lipinski definition) is 2. The maximum atomic E-state index is 10.8. The monoisotopic (exact) mass is 242 g/mol. The van der Waals surface area contributed by atoms with Crippen molar-refractivity contribution in [3.63, 3.8) is 0 Å². The summed E-state index contributed by atoms with van der Waals surface area (Å²) in [6, 6.07) is 0.165. The molecule has 17 heavy (non-hydrogen) atoms. The summed E-state index contributed by atoms with van der Waals surface area (Å²) in [5.41, 5.74) is 0.442. The third kappa shape index (κ3) is 2.94. The molecule has 0 aromatic carbocycles. The molecule has 7 nitrogen and oxygen atoms in total. The van der Waals surface area contributed by atoms with Gasteiger partial charge in [-0.2, -0.15) is 0 Å². The quantitative estimate of drug-likeness (QED) is 0.555. The van der Waals surface area contributed by atoms with Gasteiger partial charge in [0.1, 0.15) is 6.20 Å². The molecular weight excluding hydrogens is 224 g/mol. The van der Waals surface area contributed by atoms with E-state index >= 15 is 0 Å². The van der Waals surface area contributed by atoms with Crippen LogP contribution in [0.3, 0.4) is 0 Å². The molecule has 2 N–H and O–H groups in total. The van der Waals surface area contributed by atoms with Gasteiger partial charge in [0, 0.05) is 12.6 Å². The first-order chi connectivity index (χ1) is 8.15. The summed E-state index contributed by atoms with van der Waals surface area (Å²) >= 11 is 0. The summed E-state index contributed by atoms with van der Waals surface area (Å²) in [7, 11) is 0. The highest BCUT2D eigenvalue weighted by Gasteiger charge is 2.25. The molecule has 7 heteroatoms. The number of nitrogens with zero attached hydrogens (tertiary/aromatic N) is 3. The van der Waals surface area contributed by atoms with E-state index in [4.69, 9.17) is 5.11 Å². The second-order valence-corrected chi connectivity index (χ2v) is 3.75. The fraction of sp³-hybridized carbons (Fsp3) is 0.700. The molecule has 1 aromatic rings. The lowest BCUT2D eigenvalue weighted by molar-refractivity contribution is -0.388. The van der Waals surface area contributed by atoms with Crippen molar-refractivity contribution < 1.29 is 10.0 Å². The van der Waals surface area contributed by atoms with Gasteiger partial charge in [-0.1, -0.05) is 18.9 Å². The van der Waals surface area contributed by atoms with Gasteiger partial charge in [0.2, 0.25) is 0 Å². The number of aliphatic hydroxyl groups is 1. The van der Waals surface area contributed by atoms with E-state index in [1.54, 1.807) is 0 Å². The zero-order valence-electron chi connectivity index (χ0n) is 10.1. The number of nitrogens with one attached hydrogen (secondary N) is 1. The predicted octanol–water partition coefficient (Wildman–Crippen LogP) is 1.31. The maximum absolute atomic E-state index is 10.8.